The topological polar surface area (TPSA) is 120 Å². The van der Waals surface area contributed by atoms with Crippen LogP contribution in [0.1, 0.15) is 12.0 Å². The monoisotopic (exact) mass is 475 g/mol. The number of allylic oxidation sites excluding steroid dienone is 1. The standard InChI is InChI=1S/C24H25N7O2S/c1-26-11-17(23(25)32-2)14-7-19-22(20(8-14)33-16-5-6-27-10-16)24(29-12-28-19)31-15-3-4-18-21(9-15)34-13-30-18/h3-4,7-9,11-13,16,27H,5-6,10,25H2,1-2H3,(H,28,29,31)/b23-17-,26-11?. The molecule has 34 heavy (non-hydrogen) atoms. The van der Waals surface area contributed by atoms with Crippen LogP contribution in [0.5, 0.6) is 5.75 Å². The molecule has 0 amide bonds. The summed E-state index contributed by atoms with van der Waals surface area (Å²) in [4.78, 5) is 17.6. The molecule has 4 N–H and O–H groups in total. The van der Waals surface area contributed by atoms with Crippen molar-refractivity contribution in [1.29, 1.82) is 0 Å². The van der Waals surface area contributed by atoms with E-state index in [0.29, 0.717) is 17.1 Å². The average molecular weight is 476 g/mol. The van der Waals surface area contributed by atoms with Gasteiger partial charge in [-0.15, -0.1) is 11.3 Å². The molecule has 5 rings (SSSR count). The molecule has 10 heteroatoms. The lowest BCUT2D eigenvalue weighted by atomic mass is 10.0. The second-order valence-electron chi connectivity index (χ2n) is 7.85. The quantitative estimate of drug-likeness (QED) is 0.273. The lowest BCUT2D eigenvalue weighted by Gasteiger charge is -2.18. The number of benzene rings is 2. The van der Waals surface area contributed by atoms with Gasteiger partial charge < -0.3 is 25.8 Å². The Morgan fingerprint density at radius 3 is 2.94 bits per heavy atom. The normalized spacial score (nSPS) is 16.8. The van der Waals surface area contributed by atoms with Crippen LogP contribution in [0.4, 0.5) is 11.5 Å². The molecule has 2 aromatic heterocycles. The second kappa shape index (κ2) is 9.62. The number of nitrogens with two attached hydrogens (primary N) is 1. The molecule has 1 aliphatic heterocycles. The minimum atomic E-state index is 0.0482. The van der Waals surface area contributed by atoms with Crippen LogP contribution in [-0.4, -0.2) is 54.5 Å². The van der Waals surface area contributed by atoms with Crippen molar-refractivity contribution in [3.63, 3.8) is 0 Å². The first kappa shape index (κ1) is 22.1. The highest BCUT2D eigenvalue weighted by Gasteiger charge is 2.21. The number of ether oxygens (including phenoxy) is 2. The van der Waals surface area contributed by atoms with Gasteiger partial charge in [0.1, 0.15) is 24.0 Å². The molecule has 1 unspecified atom stereocenters. The van der Waals surface area contributed by atoms with E-state index in [1.807, 2.05) is 29.8 Å². The number of thiazole rings is 1. The fourth-order valence-electron chi connectivity index (χ4n) is 3.99. The molecule has 174 valence electrons. The van der Waals surface area contributed by atoms with Gasteiger partial charge in [-0.2, -0.15) is 0 Å². The summed E-state index contributed by atoms with van der Waals surface area (Å²) in [6.45, 7) is 1.70. The summed E-state index contributed by atoms with van der Waals surface area (Å²) < 4.78 is 12.9. The molecule has 4 aromatic rings. The fourth-order valence-corrected chi connectivity index (χ4v) is 4.71. The lowest BCUT2D eigenvalue weighted by Crippen LogP contribution is -2.20. The third-order valence-corrected chi connectivity index (χ3v) is 6.45. The molecule has 2 aromatic carbocycles. The Kier molecular flexibility index (Phi) is 6.24. The Bertz CT molecular complexity index is 1390. The van der Waals surface area contributed by atoms with E-state index in [-0.39, 0.29) is 12.0 Å². The van der Waals surface area contributed by atoms with Gasteiger partial charge in [0, 0.05) is 25.5 Å². The van der Waals surface area contributed by atoms with Gasteiger partial charge in [0.25, 0.3) is 0 Å². The second-order valence-corrected chi connectivity index (χ2v) is 8.74. The van der Waals surface area contributed by atoms with Crippen molar-refractivity contribution in [3.8, 4) is 5.75 Å². The average Bonchev–Trinajstić information content (AvgIpc) is 3.53. The Morgan fingerprint density at radius 2 is 2.15 bits per heavy atom. The van der Waals surface area contributed by atoms with Crippen LogP contribution in [-0.2, 0) is 4.74 Å². The van der Waals surface area contributed by atoms with Gasteiger partial charge >= 0.3 is 0 Å². The van der Waals surface area contributed by atoms with Gasteiger partial charge in [0.15, 0.2) is 5.88 Å². The summed E-state index contributed by atoms with van der Waals surface area (Å²) in [5.41, 5.74) is 12.0. The minimum absolute atomic E-state index is 0.0482. The number of fused-ring (bicyclic) bond motifs is 2. The van der Waals surface area contributed by atoms with E-state index in [4.69, 9.17) is 15.2 Å². The van der Waals surface area contributed by atoms with Crippen LogP contribution in [0, 0.1) is 0 Å². The van der Waals surface area contributed by atoms with Gasteiger partial charge in [-0.05, 0) is 48.9 Å². The maximum Gasteiger partial charge on any atom is 0.193 e. The summed E-state index contributed by atoms with van der Waals surface area (Å²) in [5.74, 6) is 1.61. The zero-order valence-corrected chi connectivity index (χ0v) is 19.7. The summed E-state index contributed by atoms with van der Waals surface area (Å²) in [6, 6.07) is 9.94. The van der Waals surface area contributed by atoms with Crippen LogP contribution in [0.2, 0.25) is 0 Å². The number of methoxy groups -OCH3 is 1. The van der Waals surface area contributed by atoms with Gasteiger partial charge in [0.2, 0.25) is 0 Å². The number of anilines is 2. The number of nitrogens with one attached hydrogen (secondary N) is 2. The SMILES string of the molecule is CN=C/C(=C(\N)OC)c1cc(OC2CCNC2)c2c(Nc3ccc4ncsc4c3)ncnc2c1. The molecule has 1 fully saturated rings. The largest absolute Gasteiger partial charge is 0.488 e. The Balaban J connectivity index is 1.64. The first-order chi connectivity index (χ1) is 16.7. The molecular formula is C24H25N7O2S. The fraction of sp³-hybridized carbons (Fsp3) is 0.250. The van der Waals surface area contributed by atoms with E-state index in [1.54, 1.807) is 24.6 Å². The highest BCUT2D eigenvalue weighted by Crippen LogP contribution is 2.36. The third-order valence-electron chi connectivity index (χ3n) is 5.66. The number of rotatable bonds is 7. The Labute approximate surface area is 200 Å². The molecule has 0 radical (unpaired) electrons. The number of hydrogen-bond acceptors (Lipinski definition) is 10. The summed E-state index contributed by atoms with van der Waals surface area (Å²) in [6.07, 6.45) is 4.18. The van der Waals surface area contributed by atoms with Gasteiger partial charge in [0.05, 0.1) is 39.3 Å². The van der Waals surface area contributed by atoms with Crippen molar-refractivity contribution in [3.05, 3.63) is 53.6 Å². The van der Waals surface area contributed by atoms with Crippen molar-refractivity contribution in [2.24, 2.45) is 10.7 Å². The van der Waals surface area contributed by atoms with E-state index in [1.165, 1.54) is 13.4 Å². The Hall–Kier alpha value is -3.76. The van der Waals surface area contributed by atoms with Crippen LogP contribution in [0.25, 0.3) is 26.7 Å². The molecule has 1 atom stereocenters. The van der Waals surface area contributed by atoms with Crippen molar-refractivity contribution in [1.82, 2.24) is 20.3 Å². The molecule has 1 aliphatic rings. The summed E-state index contributed by atoms with van der Waals surface area (Å²) in [7, 11) is 3.22. The molecule has 0 spiro atoms. The molecule has 3 heterocycles. The first-order valence-corrected chi connectivity index (χ1v) is 11.8. The smallest absolute Gasteiger partial charge is 0.193 e. The molecular weight excluding hydrogens is 450 g/mol. The molecule has 0 bridgehead atoms. The number of aromatic nitrogens is 3. The zero-order valence-electron chi connectivity index (χ0n) is 18.9. The van der Waals surface area contributed by atoms with Gasteiger partial charge in [-0.1, -0.05) is 0 Å². The molecule has 9 nitrogen and oxygen atoms in total. The molecule has 0 saturated carbocycles. The number of aliphatic imine (C=N–C) groups is 1. The predicted molar refractivity (Wildman–Crippen MR) is 137 cm³/mol. The highest BCUT2D eigenvalue weighted by atomic mass is 32.1. The van der Waals surface area contributed by atoms with E-state index in [2.05, 4.69) is 36.6 Å². The zero-order chi connectivity index (χ0) is 23.5. The van der Waals surface area contributed by atoms with Crippen molar-refractivity contribution >= 4 is 55.7 Å². The minimum Gasteiger partial charge on any atom is -0.488 e. The van der Waals surface area contributed by atoms with E-state index in [9.17, 15) is 0 Å². The lowest BCUT2D eigenvalue weighted by molar-refractivity contribution is 0.226. The summed E-state index contributed by atoms with van der Waals surface area (Å²) >= 11 is 1.60. The highest BCUT2D eigenvalue weighted by molar-refractivity contribution is 7.16. The Morgan fingerprint density at radius 1 is 1.24 bits per heavy atom. The van der Waals surface area contributed by atoms with E-state index < -0.39 is 0 Å². The van der Waals surface area contributed by atoms with E-state index in [0.717, 1.165) is 51.9 Å². The maximum absolute atomic E-state index is 6.47. The van der Waals surface area contributed by atoms with E-state index >= 15 is 0 Å². The predicted octanol–water partition coefficient (Wildman–Crippen LogP) is 3.70. The first-order valence-electron chi connectivity index (χ1n) is 10.9. The van der Waals surface area contributed by atoms with Crippen molar-refractivity contribution < 1.29 is 9.47 Å². The van der Waals surface area contributed by atoms with Crippen LogP contribution >= 0.6 is 11.3 Å². The van der Waals surface area contributed by atoms with Gasteiger partial charge in [-0.3, -0.25) is 4.99 Å². The summed E-state index contributed by atoms with van der Waals surface area (Å²) in [5, 5.41) is 7.59. The van der Waals surface area contributed by atoms with Crippen molar-refractivity contribution in [2.45, 2.75) is 12.5 Å². The van der Waals surface area contributed by atoms with Crippen LogP contribution in [0.15, 0.2) is 53.0 Å². The molecule has 1 saturated heterocycles. The number of nitrogens with zero attached hydrogens (tertiary/aromatic N) is 4. The van der Waals surface area contributed by atoms with Crippen molar-refractivity contribution in [2.75, 3.05) is 32.6 Å². The number of hydrogen-bond donors (Lipinski definition) is 3. The van der Waals surface area contributed by atoms with Crippen LogP contribution in [0.3, 0.4) is 0 Å². The third kappa shape index (κ3) is 4.37. The molecule has 0 aliphatic carbocycles. The van der Waals surface area contributed by atoms with Crippen LogP contribution < -0.4 is 21.1 Å². The van der Waals surface area contributed by atoms with Gasteiger partial charge in [-0.25, -0.2) is 15.0 Å². The maximum atomic E-state index is 6.47.